The highest BCUT2D eigenvalue weighted by Gasteiger charge is 2.30. The maximum absolute atomic E-state index is 9.67. The van der Waals surface area contributed by atoms with E-state index < -0.39 is 0 Å². The van der Waals surface area contributed by atoms with Crippen molar-refractivity contribution >= 4 is 0 Å². The van der Waals surface area contributed by atoms with Gasteiger partial charge >= 0.3 is 0 Å². The lowest BCUT2D eigenvalue weighted by atomic mass is 9.87. The minimum Gasteiger partial charge on any atom is -0.390 e. The Labute approximate surface area is 107 Å². The van der Waals surface area contributed by atoms with Crippen LogP contribution in [0.4, 0.5) is 0 Å². The predicted octanol–water partition coefficient (Wildman–Crippen LogP) is 3.91. The Morgan fingerprint density at radius 2 is 1.94 bits per heavy atom. The third-order valence-corrected chi connectivity index (χ3v) is 4.16. The molecule has 1 fully saturated rings. The molecule has 0 saturated carbocycles. The SMILES string of the molecule is CCCCCCC(CC)C1CCC(O)C(C)O1. The van der Waals surface area contributed by atoms with Crippen molar-refractivity contribution in [1.29, 1.82) is 0 Å². The molecule has 0 radical (unpaired) electrons. The first-order chi connectivity index (χ1) is 8.19. The maximum Gasteiger partial charge on any atom is 0.0809 e. The van der Waals surface area contributed by atoms with Crippen LogP contribution >= 0.6 is 0 Å². The molecule has 0 aliphatic carbocycles. The number of hydrogen-bond donors (Lipinski definition) is 1. The zero-order valence-electron chi connectivity index (χ0n) is 11.8. The predicted molar refractivity (Wildman–Crippen MR) is 72.1 cm³/mol. The van der Waals surface area contributed by atoms with Crippen LogP contribution in [-0.4, -0.2) is 23.4 Å². The summed E-state index contributed by atoms with van der Waals surface area (Å²) in [5, 5.41) is 9.67. The fourth-order valence-corrected chi connectivity index (χ4v) is 2.84. The van der Waals surface area contributed by atoms with Crippen LogP contribution in [0.15, 0.2) is 0 Å². The first-order valence-electron chi connectivity index (χ1n) is 7.52. The molecule has 1 N–H and O–H groups in total. The number of hydrogen-bond acceptors (Lipinski definition) is 2. The van der Waals surface area contributed by atoms with Crippen molar-refractivity contribution < 1.29 is 9.84 Å². The van der Waals surface area contributed by atoms with Crippen LogP contribution in [0.3, 0.4) is 0 Å². The largest absolute Gasteiger partial charge is 0.390 e. The Morgan fingerprint density at radius 3 is 2.53 bits per heavy atom. The van der Waals surface area contributed by atoms with Gasteiger partial charge in [-0.2, -0.15) is 0 Å². The summed E-state index contributed by atoms with van der Waals surface area (Å²) in [5.74, 6) is 0.696. The van der Waals surface area contributed by atoms with Gasteiger partial charge in [-0.25, -0.2) is 0 Å². The number of aliphatic hydroxyl groups is 1. The van der Waals surface area contributed by atoms with Crippen molar-refractivity contribution in [1.82, 2.24) is 0 Å². The molecule has 0 aromatic rings. The molecule has 4 atom stereocenters. The zero-order chi connectivity index (χ0) is 12.7. The average Bonchev–Trinajstić information content (AvgIpc) is 2.33. The van der Waals surface area contributed by atoms with E-state index >= 15 is 0 Å². The second kappa shape index (κ2) is 8.10. The highest BCUT2D eigenvalue weighted by molar-refractivity contribution is 4.79. The van der Waals surface area contributed by atoms with E-state index in [4.69, 9.17) is 4.74 Å². The normalized spacial score (nSPS) is 31.4. The fraction of sp³-hybridized carbons (Fsp3) is 1.00. The Bertz CT molecular complexity index is 193. The van der Waals surface area contributed by atoms with Gasteiger partial charge in [0, 0.05) is 0 Å². The Kier molecular flexibility index (Phi) is 7.14. The highest BCUT2D eigenvalue weighted by atomic mass is 16.5. The molecule has 1 heterocycles. The van der Waals surface area contributed by atoms with E-state index in [1.807, 2.05) is 6.92 Å². The maximum atomic E-state index is 9.67. The van der Waals surface area contributed by atoms with E-state index in [2.05, 4.69) is 13.8 Å². The van der Waals surface area contributed by atoms with Crippen LogP contribution in [0.25, 0.3) is 0 Å². The molecule has 2 nitrogen and oxygen atoms in total. The minimum absolute atomic E-state index is 0.0263. The molecule has 17 heavy (non-hydrogen) atoms. The first-order valence-corrected chi connectivity index (χ1v) is 7.52. The summed E-state index contributed by atoms with van der Waals surface area (Å²) < 4.78 is 5.96. The molecule has 0 aromatic heterocycles. The van der Waals surface area contributed by atoms with Gasteiger partial charge in [-0.05, 0) is 32.1 Å². The van der Waals surface area contributed by atoms with Crippen LogP contribution in [-0.2, 0) is 4.74 Å². The van der Waals surface area contributed by atoms with Gasteiger partial charge in [0.15, 0.2) is 0 Å². The van der Waals surface area contributed by atoms with Crippen molar-refractivity contribution in [3.63, 3.8) is 0 Å². The summed E-state index contributed by atoms with van der Waals surface area (Å²) in [4.78, 5) is 0. The second-order valence-electron chi connectivity index (χ2n) is 5.54. The summed E-state index contributed by atoms with van der Waals surface area (Å²) in [6.45, 7) is 6.52. The lowest BCUT2D eigenvalue weighted by molar-refractivity contribution is -0.128. The smallest absolute Gasteiger partial charge is 0.0809 e. The van der Waals surface area contributed by atoms with Gasteiger partial charge in [-0.15, -0.1) is 0 Å². The topological polar surface area (TPSA) is 29.5 Å². The van der Waals surface area contributed by atoms with Gasteiger partial charge in [-0.3, -0.25) is 0 Å². The summed E-state index contributed by atoms with van der Waals surface area (Å²) >= 11 is 0. The Balaban J connectivity index is 2.29. The van der Waals surface area contributed by atoms with E-state index in [1.165, 1.54) is 38.5 Å². The van der Waals surface area contributed by atoms with Crippen molar-refractivity contribution in [3.8, 4) is 0 Å². The third kappa shape index (κ3) is 4.97. The van der Waals surface area contributed by atoms with Crippen molar-refractivity contribution in [2.45, 2.75) is 90.4 Å². The van der Waals surface area contributed by atoms with Gasteiger partial charge in [0.25, 0.3) is 0 Å². The summed E-state index contributed by atoms with van der Waals surface area (Å²) in [7, 11) is 0. The Morgan fingerprint density at radius 1 is 1.18 bits per heavy atom. The third-order valence-electron chi connectivity index (χ3n) is 4.16. The van der Waals surface area contributed by atoms with E-state index in [0.29, 0.717) is 12.0 Å². The van der Waals surface area contributed by atoms with Crippen LogP contribution in [0, 0.1) is 5.92 Å². The monoisotopic (exact) mass is 242 g/mol. The van der Waals surface area contributed by atoms with Gasteiger partial charge in [0.1, 0.15) is 0 Å². The molecule has 0 spiro atoms. The van der Waals surface area contributed by atoms with Gasteiger partial charge < -0.3 is 9.84 Å². The molecule has 1 rings (SSSR count). The van der Waals surface area contributed by atoms with E-state index in [0.717, 1.165) is 12.8 Å². The molecular formula is C15H30O2. The van der Waals surface area contributed by atoms with Crippen molar-refractivity contribution in [3.05, 3.63) is 0 Å². The van der Waals surface area contributed by atoms with Crippen molar-refractivity contribution in [2.75, 3.05) is 0 Å². The van der Waals surface area contributed by atoms with Crippen LogP contribution < -0.4 is 0 Å². The molecule has 102 valence electrons. The number of rotatable bonds is 7. The molecule has 0 bridgehead atoms. The Hall–Kier alpha value is -0.0800. The molecule has 1 aliphatic heterocycles. The zero-order valence-corrected chi connectivity index (χ0v) is 11.8. The standard InChI is InChI=1S/C15H30O2/c1-4-6-7-8-9-13(5-2)15-11-10-14(16)12(3)17-15/h12-16H,4-11H2,1-3H3. The summed E-state index contributed by atoms with van der Waals surface area (Å²) in [5.41, 5.74) is 0. The van der Waals surface area contributed by atoms with Crippen molar-refractivity contribution in [2.24, 2.45) is 5.92 Å². The lowest BCUT2D eigenvalue weighted by Crippen LogP contribution is -2.40. The summed E-state index contributed by atoms with van der Waals surface area (Å²) in [6.07, 6.45) is 9.99. The second-order valence-corrected chi connectivity index (χ2v) is 5.54. The number of unbranched alkanes of at least 4 members (excludes halogenated alkanes) is 3. The van der Waals surface area contributed by atoms with Crippen LogP contribution in [0.5, 0.6) is 0 Å². The average molecular weight is 242 g/mol. The fourth-order valence-electron chi connectivity index (χ4n) is 2.84. The van der Waals surface area contributed by atoms with Crippen LogP contribution in [0.1, 0.15) is 72.1 Å². The molecule has 2 heteroatoms. The molecule has 0 amide bonds. The van der Waals surface area contributed by atoms with E-state index in [1.54, 1.807) is 0 Å². The van der Waals surface area contributed by atoms with E-state index in [-0.39, 0.29) is 12.2 Å². The number of ether oxygens (including phenoxy) is 1. The lowest BCUT2D eigenvalue weighted by Gasteiger charge is -2.36. The minimum atomic E-state index is -0.246. The van der Waals surface area contributed by atoms with Gasteiger partial charge in [-0.1, -0.05) is 46.0 Å². The van der Waals surface area contributed by atoms with Gasteiger partial charge in [0.2, 0.25) is 0 Å². The van der Waals surface area contributed by atoms with Crippen LogP contribution in [0.2, 0.25) is 0 Å². The molecular weight excluding hydrogens is 212 g/mol. The highest BCUT2D eigenvalue weighted by Crippen LogP contribution is 2.29. The molecule has 0 aromatic carbocycles. The molecule has 4 unspecified atom stereocenters. The quantitative estimate of drug-likeness (QED) is 0.686. The number of aliphatic hydroxyl groups excluding tert-OH is 1. The molecule has 1 aliphatic rings. The summed E-state index contributed by atoms with van der Waals surface area (Å²) in [6, 6.07) is 0. The first kappa shape index (κ1) is 15.0. The van der Waals surface area contributed by atoms with Gasteiger partial charge in [0.05, 0.1) is 18.3 Å². The molecule has 1 saturated heterocycles. The van der Waals surface area contributed by atoms with E-state index in [9.17, 15) is 5.11 Å².